The van der Waals surface area contributed by atoms with Gasteiger partial charge in [-0.05, 0) is 6.42 Å². The molecule has 0 aromatic rings. The van der Waals surface area contributed by atoms with Crippen LogP contribution in [0.15, 0.2) is 0 Å². The molecule has 0 bridgehead atoms. The van der Waals surface area contributed by atoms with Gasteiger partial charge in [0.05, 0.1) is 31.3 Å². The van der Waals surface area contributed by atoms with Crippen molar-refractivity contribution in [2.75, 3.05) is 44.4 Å². The van der Waals surface area contributed by atoms with Crippen LogP contribution in [-0.4, -0.2) is 69.6 Å². The van der Waals surface area contributed by atoms with Crippen LogP contribution in [0.3, 0.4) is 0 Å². The number of nitrogens with one attached hydrogen (secondary N) is 1. The smallest absolute Gasteiger partial charge is 0.234 e. The van der Waals surface area contributed by atoms with Gasteiger partial charge in [0.25, 0.3) is 0 Å². The number of nitrogens with zero attached hydrogens (tertiary/aromatic N) is 1. The van der Waals surface area contributed by atoms with Crippen molar-refractivity contribution in [3.63, 3.8) is 0 Å². The summed E-state index contributed by atoms with van der Waals surface area (Å²) in [5, 5.41) is 2.78. The second-order valence-electron chi connectivity index (χ2n) is 4.56. The van der Waals surface area contributed by atoms with Gasteiger partial charge >= 0.3 is 0 Å². The van der Waals surface area contributed by atoms with Crippen LogP contribution >= 0.6 is 0 Å². The van der Waals surface area contributed by atoms with E-state index in [0.29, 0.717) is 26.2 Å². The Kier molecular flexibility index (Phi) is 4.01. The van der Waals surface area contributed by atoms with Crippen molar-refractivity contribution in [1.29, 1.82) is 0 Å². The maximum Gasteiger partial charge on any atom is 0.234 e. The van der Waals surface area contributed by atoms with E-state index in [-0.39, 0.29) is 23.5 Å². The molecule has 2 heterocycles. The molecule has 1 unspecified atom stereocenters. The Morgan fingerprint density at radius 1 is 1.35 bits per heavy atom. The topological polar surface area (TPSA) is 75.7 Å². The Labute approximate surface area is 101 Å². The fourth-order valence-corrected chi connectivity index (χ4v) is 3.82. The molecule has 2 saturated heterocycles. The molecular formula is C10H18N2O4S. The molecule has 0 aromatic carbocycles. The molecule has 0 radical (unpaired) electrons. The maximum absolute atomic E-state index is 11.7. The number of sulfone groups is 1. The second-order valence-corrected chi connectivity index (χ2v) is 6.78. The Bertz CT molecular complexity index is 376. The predicted molar refractivity (Wildman–Crippen MR) is 62.5 cm³/mol. The number of carbonyl (C=O) groups excluding carboxylic acids is 1. The third kappa shape index (κ3) is 3.93. The number of hydrogen-bond donors (Lipinski definition) is 1. The Balaban J connectivity index is 1.74. The van der Waals surface area contributed by atoms with E-state index in [9.17, 15) is 13.2 Å². The summed E-state index contributed by atoms with van der Waals surface area (Å²) in [6.07, 6.45) is 0.539. The fourth-order valence-electron chi connectivity index (χ4n) is 2.14. The molecule has 2 aliphatic heterocycles. The normalized spacial score (nSPS) is 29.1. The van der Waals surface area contributed by atoms with Crippen molar-refractivity contribution in [3.05, 3.63) is 0 Å². The van der Waals surface area contributed by atoms with Crippen LogP contribution in [0.1, 0.15) is 6.42 Å². The zero-order chi connectivity index (χ0) is 12.3. The summed E-state index contributed by atoms with van der Waals surface area (Å²) in [4.78, 5) is 13.7. The molecule has 6 nitrogen and oxygen atoms in total. The first-order chi connectivity index (χ1) is 8.05. The van der Waals surface area contributed by atoms with Crippen molar-refractivity contribution in [3.8, 4) is 0 Å². The molecule has 2 rings (SSSR count). The molecule has 0 aliphatic carbocycles. The number of carbonyl (C=O) groups is 1. The van der Waals surface area contributed by atoms with Crippen LogP contribution in [0.2, 0.25) is 0 Å². The SMILES string of the molecule is O=C(CN1CCOCC1)NC1CCS(=O)(=O)C1. The number of hydrogen-bond acceptors (Lipinski definition) is 5. The van der Waals surface area contributed by atoms with Gasteiger partial charge in [0.15, 0.2) is 9.84 Å². The lowest BCUT2D eigenvalue weighted by Gasteiger charge is -2.26. The molecule has 7 heteroatoms. The van der Waals surface area contributed by atoms with Gasteiger partial charge < -0.3 is 10.1 Å². The Morgan fingerprint density at radius 3 is 2.65 bits per heavy atom. The molecule has 0 saturated carbocycles. The van der Waals surface area contributed by atoms with Gasteiger partial charge in [-0.25, -0.2) is 8.42 Å². The number of amides is 1. The summed E-state index contributed by atoms with van der Waals surface area (Å²) in [6, 6.07) is -0.200. The van der Waals surface area contributed by atoms with Gasteiger partial charge in [-0.2, -0.15) is 0 Å². The lowest BCUT2D eigenvalue weighted by atomic mass is 10.2. The molecule has 1 N–H and O–H groups in total. The first-order valence-electron chi connectivity index (χ1n) is 5.85. The van der Waals surface area contributed by atoms with Gasteiger partial charge in [0.2, 0.25) is 5.91 Å². The summed E-state index contributed by atoms with van der Waals surface area (Å²) in [5.74, 6) is 0.186. The molecule has 17 heavy (non-hydrogen) atoms. The van der Waals surface area contributed by atoms with Crippen LogP contribution in [-0.2, 0) is 19.4 Å². The largest absolute Gasteiger partial charge is 0.379 e. The number of rotatable bonds is 3. The van der Waals surface area contributed by atoms with E-state index >= 15 is 0 Å². The van der Waals surface area contributed by atoms with Crippen LogP contribution in [0.4, 0.5) is 0 Å². The predicted octanol–water partition coefficient (Wildman–Crippen LogP) is -1.38. The van der Waals surface area contributed by atoms with Gasteiger partial charge in [-0.3, -0.25) is 9.69 Å². The van der Waals surface area contributed by atoms with E-state index in [2.05, 4.69) is 5.32 Å². The highest BCUT2D eigenvalue weighted by molar-refractivity contribution is 7.91. The lowest BCUT2D eigenvalue weighted by molar-refractivity contribution is -0.123. The third-order valence-electron chi connectivity index (χ3n) is 3.07. The van der Waals surface area contributed by atoms with Crippen LogP contribution < -0.4 is 5.32 Å². The highest BCUT2D eigenvalue weighted by Crippen LogP contribution is 2.11. The quantitative estimate of drug-likeness (QED) is 0.678. The van der Waals surface area contributed by atoms with Gasteiger partial charge in [0, 0.05) is 19.1 Å². The van der Waals surface area contributed by atoms with Crippen molar-refractivity contribution in [2.45, 2.75) is 12.5 Å². The monoisotopic (exact) mass is 262 g/mol. The minimum atomic E-state index is -2.92. The zero-order valence-electron chi connectivity index (χ0n) is 9.72. The van der Waals surface area contributed by atoms with Crippen molar-refractivity contribution in [1.82, 2.24) is 10.2 Å². The molecule has 98 valence electrons. The average molecular weight is 262 g/mol. The summed E-state index contributed by atoms with van der Waals surface area (Å²) < 4.78 is 27.7. The molecule has 1 amide bonds. The maximum atomic E-state index is 11.7. The van der Waals surface area contributed by atoms with Gasteiger partial charge in [0.1, 0.15) is 0 Å². The summed E-state index contributed by atoms with van der Waals surface area (Å²) >= 11 is 0. The first-order valence-corrected chi connectivity index (χ1v) is 7.67. The summed E-state index contributed by atoms with van der Waals surface area (Å²) in [7, 11) is -2.92. The van der Waals surface area contributed by atoms with E-state index in [1.165, 1.54) is 0 Å². The minimum Gasteiger partial charge on any atom is -0.379 e. The molecule has 0 aromatic heterocycles. The highest BCUT2D eigenvalue weighted by Gasteiger charge is 2.29. The van der Waals surface area contributed by atoms with Gasteiger partial charge in [-0.1, -0.05) is 0 Å². The van der Waals surface area contributed by atoms with E-state index in [1.54, 1.807) is 0 Å². The summed E-state index contributed by atoms with van der Waals surface area (Å²) in [6.45, 7) is 3.17. The van der Waals surface area contributed by atoms with E-state index in [1.807, 2.05) is 4.90 Å². The van der Waals surface area contributed by atoms with E-state index in [0.717, 1.165) is 13.1 Å². The number of morpholine rings is 1. The summed E-state index contributed by atoms with van der Waals surface area (Å²) in [5.41, 5.74) is 0. The second kappa shape index (κ2) is 5.32. The van der Waals surface area contributed by atoms with Crippen LogP contribution in [0, 0.1) is 0 Å². The van der Waals surface area contributed by atoms with E-state index in [4.69, 9.17) is 4.74 Å². The lowest BCUT2D eigenvalue weighted by Crippen LogP contribution is -2.46. The van der Waals surface area contributed by atoms with Crippen molar-refractivity contribution in [2.24, 2.45) is 0 Å². The molecule has 0 spiro atoms. The van der Waals surface area contributed by atoms with E-state index < -0.39 is 9.84 Å². The molecule has 1 atom stereocenters. The van der Waals surface area contributed by atoms with Crippen LogP contribution in [0.25, 0.3) is 0 Å². The molecule has 2 aliphatic rings. The molecular weight excluding hydrogens is 244 g/mol. The van der Waals surface area contributed by atoms with Crippen molar-refractivity contribution < 1.29 is 17.9 Å². The van der Waals surface area contributed by atoms with Gasteiger partial charge in [-0.15, -0.1) is 0 Å². The standard InChI is InChI=1S/C10H18N2O4S/c13-10(7-12-2-4-16-5-3-12)11-9-1-6-17(14,15)8-9/h9H,1-8H2,(H,11,13). The number of ether oxygens (including phenoxy) is 1. The van der Waals surface area contributed by atoms with Crippen LogP contribution in [0.5, 0.6) is 0 Å². The molecule has 2 fully saturated rings. The average Bonchev–Trinajstić information content (AvgIpc) is 2.59. The minimum absolute atomic E-state index is 0.0852. The first kappa shape index (κ1) is 12.8. The third-order valence-corrected chi connectivity index (χ3v) is 4.84. The Hall–Kier alpha value is -0.660. The highest BCUT2D eigenvalue weighted by atomic mass is 32.2. The van der Waals surface area contributed by atoms with Crippen molar-refractivity contribution >= 4 is 15.7 Å². The zero-order valence-corrected chi connectivity index (χ0v) is 10.5. The fraction of sp³-hybridized carbons (Fsp3) is 0.900. The Morgan fingerprint density at radius 2 is 2.06 bits per heavy atom.